The summed E-state index contributed by atoms with van der Waals surface area (Å²) in [5.41, 5.74) is 3.24. The fraction of sp³-hybridized carbons (Fsp3) is 0.364. The number of halogens is 4. The van der Waals surface area contributed by atoms with E-state index < -0.39 is 12.8 Å². The molecular formula is C22H28F3IN4O2. The summed E-state index contributed by atoms with van der Waals surface area (Å²) in [7, 11) is 1.66. The first-order valence-electron chi connectivity index (χ1n) is 9.84. The average Bonchev–Trinajstić information content (AvgIpc) is 2.74. The van der Waals surface area contributed by atoms with Crippen molar-refractivity contribution in [2.24, 2.45) is 4.99 Å². The van der Waals surface area contributed by atoms with Crippen molar-refractivity contribution in [3.63, 3.8) is 0 Å². The monoisotopic (exact) mass is 564 g/mol. The Labute approximate surface area is 203 Å². The molecule has 0 bridgehead atoms. The normalized spacial score (nSPS) is 11.5. The number of benzene rings is 2. The average molecular weight is 564 g/mol. The Kier molecular flexibility index (Phi) is 12.1. The number of alkyl halides is 3. The van der Waals surface area contributed by atoms with Crippen LogP contribution in [-0.2, 0) is 24.4 Å². The number of hydrogen-bond donors (Lipinski definition) is 3. The summed E-state index contributed by atoms with van der Waals surface area (Å²) in [5, 5.41) is 9.13. The maximum Gasteiger partial charge on any atom is 0.411 e. The highest BCUT2D eigenvalue weighted by atomic mass is 127. The molecule has 0 spiro atoms. The summed E-state index contributed by atoms with van der Waals surface area (Å²) < 4.78 is 41.0. The predicted octanol–water partition coefficient (Wildman–Crippen LogP) is 4.00. The summed E-state index contributed by atoms with van der Waals surface area (Å²) in [5.74, 6) is 0.503. The van der Waals surface area contributed by atoms with Crippen LogP contribution in [0.25, 0.3) is 0 Å². The van der Waals surface area contributed by atoms with Crippen molar-refractivity contribution >= 4 is 35.8 Å². The number of guanidine groups is 1. The topological polar surface area (TPSA) is 74.8 Å². The predicted molar refractivity (Wildman–Crippen MR) is 129 cm³/mol. The smallest absolute Gasteiger partial charge is 0.367 e. The van der Waals surface area contributed by atoms with Crippen molar-refractivity contribution in [1.82, 2.24) is 16.0 Å². The Bertz CT molecular complexity index is 857. The molecule has 0 fully saturated rings. The van der Waals surface area contributed by atoms with Crippen LogP contribution in [-0.4, -0.2) is 38.2 Å². The third-order valence-electron chi connectivity index (χ3n) is 4.25. The minimum Gasteiger partial charge on any atom is -0.367 e. The van der Waals surface area contributed by atoms with Crippen molar-refractivity contribution in [2.45, 2.75) is 32.8 Å². The fourth-order valence-electron chi connectivity index (χ4n) is 2.67. The van der Waals surface area contributed by atoms with Crippen LogP contribution in [0.2, 0.25) is 0 Å². The van der Waals surface area contributed by atoms with Gasteiger partial charge in [0, 0.05) is 32.2 Å². The van der Waals surface area contributed by atoms with Gasteiger partial charge in [0.25, 0.3) is 5.91 Å². The highest BCUT2D eigenvalue weighted by Crippen LogP contribution is 2.15. The van der Waals surface area contributed by atoms with Gasteiger partial charge in [0.15, 0.2) is 5.96 Å². The summed E-state index contributed by atoms with van der Waals surface area (Å²) >= 11 is 0. The number of aliphatic imine (C=N–C) groups is 1. The molecule has 0 aliphatic heterocycles. The maximum atomic E-state index is 12.1. The van der Waals surface area contributed by atoms with E-state index in [-0.39, 0.29) is 36.5 Å². The summed E-state index contributed by atoms with van der Waals surface area (Å²) in [4.78, 5) is 16.0. The second-order valence-corrected chi connectivity index (χ2v) is 6.76. The molecule has 10 heteroatoms. The highest BCUT2D eigenvalue weighted by Gasteiger charge is 2.27. The SMILES string of the molecule is CCNC(=O)c1ccc(CNC(=NC)NCc2ccc(COCC(F)(F)F)cc2)cc1.I. The van der Waals surface area contributed by atoms with Gasteiger partial charge in [-0.05, 0) is 35.7 Å². The van der Waals surface area contributed by atoms with E-state index in [9.17, 15) is 18.0 Å². The zero-order valence-electron chi connectivity index (χ0n) is 18.0. The van der Waals surface area contributed by atoms with E-state index in [1.165, 1.54) is 0 Å². The molecule has 1 amide bonds. The largest absolute Gasteiger partial charge is 0.411 e. The molecule has 32 heavy (non-hydrogen) atoms. The Morgan fingerprint density at radius 1 is 0.906 bits per heavy atom. The van der Waals surface area contributed by atoms with E-state index in [1.807, 2.05) is 31.2 Å². The van der Waals surface area contributed by atoms with Crippen molar-refractivity contribution in [3.8, 4) is 0 Å². The number of rotatable bonds is 9. The quantitative estimate of drug-likeness (QED) is 0.245. The number of carbonyl (C=O) groups excluding carboxylic acids is 1. The molecule has 3 N–H and O–H groups in total. The van der Waals surface area contributed by atoms with Crippen LogP contribution < -0.4 is 16.0 Å². The molecule has 0 radical (unpaired) electrons. The molecule has 2 aromatic rings. The molecule has 2 aromatic carbocycles. The molecule has 0 aliphatic rings. The van der Waals surface area contributed by atoms with Gasteiger partial charge in [0.2, 0.25) is 0 Å². The summed E-state index contributed by atoms with van der Waals surface area (Å²) in [6.45, 7) is 2.14. The third-order valence-corrected chi connectivity index (χ3v) is 4.25. The molecule has 176 valence electrons. The maximum absolute atomic E-state index is 12.1. The van der Waals surface area contributed by atoms with Gasteiger partial charge in [-0.1, -0.05) is 36.4 Å². The van der Waals surface area contributed by atoms with Gasteiger partial charge < -0.3 is 20.7 Å². The van der Waals surface area contributed by atoms with Crippen LogP contribution in [0.5, 0.6) is 0 Å². The zero-order valence-corrected chi connectivity index (χ0v) is 20.3. The van der Waals surface area contributed by atoms with Crippen LogP contribution >= 0.6 is 24.0 Å². The van der Waals surface area contributed by atoms with Crippen molar-refractivity contribution in [1.29, 1.82) is 0 Å². The zero-order chi connectivity index (χ0) is 22.7. The molecular weight excluding hydrogens is 536 g/mol. The molecule has 0 heterocycles. The van der Waals surface area contributed by atoms with E-state index in [0.717, 1.165) is 11.1 Å². The van der Waals surface area contributed by atoms with Gasteiger partial charge in [0.05, 0.1) is 6.61 Å². The van der Waals surface area contributed by atoms with Gasteiger partial charge >= 0.3 is 6.18 Å². The van der Waals surface area contributed by atoms with E-state index in [2.05, 4.69) is 25.7 Å². The van der Waals surface area contributed by atoms with Crippen LogP contribution in [0.3, 0.4) is 0 Å². The fourth-order valence-corrected chi connectivity index (χ4v) is 2.67. The standard InChI is InChI=1S/C22H27F3N4O2.HI/c1-3-27-20(30)19-10-8-17(9-11-19)13-29-21(26-2)28-12-16-4-6-18(7-5-16)14-31-15-22(23,24)25;/h4-11H,3,12-15H2,1-2H3,(H,27,30)(H2,26,28,29);1H. The van der Waals surface area contributed by atoms with Gasteiger partial charge in [-0.2, -0.15) is 13.2 Å². The summed E-state index contributed by atoms with van der Waals surface area (Å²) in [6, 6.07) is 14.4. The minimum absolute atomic E-state index is 0. The molecule has 0 aliphatic carbocycles. The molecule has 2 rings (SSSR count). The van der Waals surface area contributed by atoms with E-state index in [4.69, 9.17) is 0 Å². The van der Waals surface area contributed by atoms with Crippen LogP contribution in [0, 0.1) is 0 Å². The van der Waals surface area contributed by atoms with Gasteiger partial charge in [-0.25, -0.2) is 0 Å². The Morgan fingerprint density at radius 3 is 1.88 bits per heavy atom. The minimum atomic E-state index is -4.32. The van der Waals surface area contributed by atoms with E-state index in [1.54, 1.807) is 31.3 Å². The lowest BCUT2D eigenvalue weighted by molar-refractivity contribution is -0.176. The van der Waals surface area contributed by atoms with Gasteiger partial charge in [-0.3, -0.25) is 9.79 Å². The molecule has 0 atom stereocenters. The molecule has 0 aromatic heterocycles. The van der Waals surface area contributed by atoms with Crippen LogP contribution in [0.1, 0.15) is 34.0 Å². The van der Waals surface area contributed by atoms with Gasteiger partial charge in [-0.15, -0.1) is 24.0 Å². The van der Waals surface area contributed by atoms with E-state index in [0.29, 0.717) is 36.7 Å². The molecule has 6 nitrogen and oxygen atoms in total. The lowest BCUT2D eigenvalue weighted by Crippen LogP contribution is -2.36. The summed E-state index contributed by atoms with van der Waals surface area (Å²) in [6.07, 6.45) is -4.32. The number of ether oxygens (including phenoxy) is 1. The van der Waals surface area contributed by atoms with Crippen molar-refractivity contribution < 1.29 is 22.7 Å². The second kappa shape index (κ2) is 13.9. The Morgan fingerprint density at radius 2 is 1.41 bits per heavy atom. The number of amides is 1. The number of nitrogens with one attached hydrogen (secondary N) is 3. The lowest BCUT2D eigenvalue weighted by Gasteiger charge is -2.13. The number of hydrogen-bond acceptors (Lipinski definition) is 3. The Hall–Kier alpha value is -2.34. The number of nitrogens with zero attached hydrogens (tertiary/aromatic N) is 1. The lowest BCUT2D eigenvalue weighted by atomic mass is 10.1. The molecule has 0 saturated heterocycles. The number of carbonyl (C=O) groups is 1. The van der Waals surface area contributed by atoms with Crippen LogP contribution in [0.4, 0.5) is 13.2 Å². The van der Waals surface area contributed by atoms with Gasteiger partial charge in [0.1, 0.15) is 6.61 Å². The molecule has 0 saturated carbocycles. The molecule has 0 unspecified atom stereocenters. The second-order valence-electron chi connectivity index (χ2n) is 6.76. The highest BCUT2D eigenvalue weighted by molar-refractivity contribution is 14.0. The first kappa shape index (κ1) is 27.7. The van der Waals surface area contributed by atoms with Crippen molar-refractivity contribution in [2.75, 3.05) is 20.2 Å². The third kappa shape index (κ3) is 10.3. The van der Waals surface area contributed by atoms with Crippen molar-refractivity contribution in [3.05, 3.63) is 70.8 Å². The Balaban J connectivity index is 0.00000512. The van der Waals surface area contributed by atoms with E-state index >= 15 is 0 Å². The van der Waals surface area contributed by atoms with Crippen LogP contribution in [0.15, 0.2) is 53.5 Å². The first-order chi connectivity index (χ1) is 14.8. The first-order valence-corrected chi connectivity index (χ1v) is 9.84.